The number of nitrogens with zero attached hydrogens (tertiary/aromatic N) is 5. The van der Waals surface area contributed by atoms with Crippen LogP contribution in [-0.4, -0.2) is 98.8 Å². The number of nitrogens with one attached hydrogen (secondary N) is 3. The highest BCUT2D eigenvalue weighted by atomic mass is 19.1. The van der Waals surface area contributed by atoms with Crippen molar-refractivity contribution in [2.75, 3.05) is 32.8 Å². The summed E-state index contributed by atoms with van der Waals surface area (Å²) in [5.74, 6) is -2.49. The number of fused-ring (bicyclic) bond motifs is 3. The molecule has 0 spiro atoms. The van der Waals surface area contributed by atoms with Crippen LogP contribution >= 0.6 is 0 Å². The molecule has 14 nitrogen and oxygen atoms in total. The topological polar surface area (TPSA) is 168 Å². The van der Waals surface area contributed by atoms with Gasteiger partial charge in [0.25, 0.3) is 11.8 Å². The van der Waals surface area contributed by atoms with Gasteiger partial charge in [-0.1, -0.05) is 19.1 Å². The molecule has 2 bridgehead atoms. The van der Waals surface area contributed by atoms with Crippen LogP contribution < -0.4 is 20.7 Å². The fourth-order valence-electron chi connectivity index (χ4n) is 4.80. The first kappa shape index (κ1) is 31.4. The second-order valence-corrected chi connectivity index (χ2v) is 11.4. The largest absolute Gasteiger partial charge is 0.491 e. The van der Waals surface area contributed by atoms with Crippen LogP contribution in [0.4, 0.5) is 9.18 Å². The first-order valence-electron chi connectivity index (χ1n) is 14.2. The first-order valence-corrected chi connectivity index (χ1v) is 14.2. The zero-order valence-corrected chi connectivity index (χ0v) is 24.7. The van der Waals surface area contributed by atoms with Gasteiger partial charge in [-0.2, -0.15) is 0 Å². The number of carbonyl (C=O) groups is 5. The SMILES string of the molecule is CC(C)C[C@H]1NC(=O)c2cc(F)ccc2OCCn2cc(nn2)CCN(C(=O)CN2C(=O)NC(=O)C2(C)C)CCNC1=O. The van der Waals surface area contributed by atoms with Crippen molar-refractivity contribution in [1.29, 1.82) is 0 Å². The van der Waals surface area contributed by atoms with Crippen molar-refractivity contribution in [1.82, 2.24) is 40.7 Å². The molecule has 2 aliphatic heterocycles. The van der Waals surface area contributed by atoms with Crippen LogP contribution in [0.2, 0.25) is 0 Å². The molecule has 1 atom stereocenters. The van der Waals surface area contributed by atoms with Gasteiger partial charge < -0.3 is 25.2 Å². The molecule has 43 heavy (non-hydrogen) atoms. The Morgan fingerprint density at radius 1 is 1.16 bits per heavy atom. The molecule has 1 aromatic carbocycles. The first-order chi connectivity index (χ1) is 20.3. The predicted molar refractivity (Wildman–Crippen MR) is 150 cm³/mol. The van der Waals surface area contributed by atoms with Crippen molar-refractivity contribution >= 4 is 29.7 Å². The second-order valence-electron chi connectivity index (χ2n) is 11.4. The van der Waals surface area contributed by atoms with Crippen molar-refractivity contribution in [2.24, 2.45) is 5.92 Å². The van der Waals surface area contributed by atoms with Gasteiger partial charge in [-0.15, -0.1) is 5.10 Å². The lowest BCUT2D eigenvalue weighted by molar-refractivity contribution is -0.134. The lowest BCUT2D eigenvalue weighted by atomic mass is 10.0. The zero-order chi connectivity index (χ0) is 31.3. The molecule has 0 aliphatic carbocycles. The van der Waals surface area contributed by atoms with Gasteiger partial charge in [0.2, 0.25) is 11.8 Å². The maximum atomic E-state index is 14.1. The Hall–Kier alpha value is -4.56. The van der Waals surface area contributed by atoms with Gasteiger partial charge in [-0.25, -0.2) is 13.9 Å². The minimum atomic E-state index is -1.20. The lowest BCUT2D eigenvalue weighted by Crippen LogP contribution is -2.52. The van der Waals surface area contributed by atoms with Crippen LogP contribution in [0.15, 0.2) is 24.4 Å². The van der Waals surface area contributed by atoms with Gasteiger partial charge in [-0.05, 0) is 44.4 Å². The van der Waals surface area contributed by atoms with Crippen LogP contribution in [0.25, 0.3) is 0 Å². The average molecular weight is 601 g/mol. The fourth-order valence-corrected chi connectivity index (χ4v) is 4.80. The van der Waals surface area contributed by atoms with E-state index in [9.17, 15) is 28.4 Å². The Kier molecular flexibility index (Phi) is 9.61. The normalized spacial score (nSPS) is 20.0. The Balaban J connectivity index is 1.56. The quantitative estimate of drug-likeness (QED) is 0.426. The van der Waals surface area contributed by atoms with Crippen LogP contribution in [0.3, 0.4) is 0 Å². The summed E-state index contributed by atoms with van der Waals surface area (Å²) in [5.41, 5.74) is -0.658. The zero-order valence-electron chi connectivity index (χ0n) is 24.7. The molecule has 2 aliphatic rings. The number of rotatable bonds is 4. The maximum absolute atomic E-state index is 14.1. The summed E-state index contributed by atoms with van der Waals surface area (Å²) in [4.78, 5) is 67.0. The van der Waals surface area contributed by atoms with Crippen molar-refractivity contribution in [2.45, 2.75) is 58.7 Å². The number of urea groups is 1. The Morgan fingerprint density at radius 3 is 2.63 bits per heavy atom. The minimum absolute atomic E-state index is 0.0400. The molecule has 1 aromatic heterocycles. The summed E-state index contributed by atoms with van der Waals surface area (Å²) < 4.78 is 21.5. The molecule has 1 fully saturated rings. The molecule has 6 amide bonds. The smallest absolute Gasteiger partial charge is 0.325 e. The van der Waals surface area contributed by atoms with Crippen molar-refractivity contribution in [3.8, 4) is 5.75 Å². The summed E-state index contributed by atoms with van der Waals surface area (Å²) in [6.07, 6.45) is 2.34. The highest BCUT2D eigenvalue weighted by Crippen LogP contribution is 2.22. The maximum Gasteiger partial charge on any atom is 0.325 e. The van der Waals surface area contributed by atoms with E-state index in [1.807, 2.05) is 13.8 Å². The lowest BCUT2D eigenvalue weighted by Gasteiger charge is -2.30. The molecule has 3 heterocycles. The summed E-state index contributed by atoms with van der Waals surface area (Å²) >= 11 is 0. The third kappa shape index (κ3) is 7.64. The van der Waals surface area contributed by atoms with Crippen molar-refractivity contribution in [3.63, 3.8) is 0 Å². The number of imide groups is 1. The minimum Gasteiger partial charge on any atom is -0.491 e. The van der Waals surface area contributed by atoms with E-state index in [2.05, 4.69) is 26.3 Å². The summed E-state index contributed by atoms with van der Waals surface area (Å²) in [7, 11) is 0. The second kappa shape index (κ2) is 13.2. The van der Waals surface area contributed by atoms with Crippen LogP contribution in [0.5, 0.6) is 5.75 Å². The molecule has 0 unspecified atom stereocenters. The van der Waals surface area contributed by atoms with Crippen LogP contribution in [-0.2, 0) is 27.3 Å². The van der Waals surface area contributed by atoms with Crippen molar-refractivity contribution in [3.05, 3.63) is 41.5 Å². The number of carbonyl (C=O) groups excluding carboxylic acids is 5. The van der Waals surface area contributed by atoms with E-state index in [4.69, 9.17) is 4.74 Å². The van der Waals surface area contributed by atoms with Crippen molar-refractivity contribution < 1.29 is 33.1 Å². The van der Waals surface area contributed by atoms with E-state index < -0.39 is 47.1 Å². The van der Waals surface area contributed by atoms with E-state index in [1.54, 1.807) is 24.7 Å². The Morgan fingerprint density at radius 2 is 1.93 bits per heavy atom. The van der Waals surface area contributed by atoms with E-state index in [0.29, 0.717) is 18.5 Å². The fraction of sp³-hybridized carbons (Fsp3) is 0.536. The highest BCUT2D eigenvalue weighted by molar-refractivity contribution is 6.07. The van der Waals surface area contributed by atoms with Crippen LogP contribution in [0, 0.1) is 11.7 Å². The molecule has 4 rings (SSSR count). The monoisotopic (exact) mass is 600 g/mol. The van der Waals surface area contributed by atoms with Gasteiger partial charge in [0.05, 0.1) is 17.8 Å². The van der Waals surface area contributed by atoms with E-state index in [-0.39, 0.29) is 56.6 Å². The number of hydrogen-bond acceptors (Lipinski definition) is 8. The van der Waals surface area contributed by atoms with Gasteiger partial charge in [0.15, 0.2) is 0 Å². The third-order valence-electron chi connectivity index (χ3n) is 7.34. The molecular weight excluding hydrogens is 563 g/mol. The predicted octanol–water partition coefficient (Wildman–Crippen LogP) is 0.472. The molecule has 2 aromatic rings. The highest BCUT2D eigenvalue weighted by Gasteiger charge is 2.46. The van der Waals surface area contributed by atoms with Gasteiger partial charge in [0.1, 0.15) is 36.3 Å². The standard InChI is InChI=1S/C28H37FN8O6/c1-17(2)13-21-25(40)30-8-10-35(23(38)16-37-27(42)32-26(41)28(37,3)4)9-7-19-15-36(34-33-19)11-12-43-22-6-5-18(29)14-20(22)24(39)31-21/h5-6,14-15,17,21H,7-13,16H2,1-4H3,(H,30,40)(H,31,39)(H,32,41,42)/t21-/m1/s1. The molecule has 232 valence electrons. The van der Waals surface area contributed by atoms with Gasteiger partial charge in [-0.3, -0.25) is 24.5 Å². The molecule has 15 heteroatoms. The van der Waals surface area contributed by atoms with Gasteiger partial charge in [0, 0.05) is 32.3 Å². The Labute approximate surface area is 248 Å². The number of benzene rings is 1. The molecular formula is C28H37FN8O6. The summed E-state index contributed by atoms with van der Waals surface area (Å²) in [6, 6.07) is 2.01. The summed E-state index contributed by atoms with van der Waals surface area (Å²) in [6.45, 7) is 7.28. The van der Waals surface area contributed by atoms with Gasteiger partial charge >= 0.3 is 6.03 Å². The number of amides is 6. The number of aromatic nitrogens is 3. The number of hydrogen-bond donors (Lipinski definition) is 3. The average Bonchev–Trinajstić information content (AvgIpc) is 3.46. The summed E-state index contributed by atoms with van der Waals surface area (Å²) in [5, 5.41) is 15.9. The van der Waals surface area contributed by atoms with E-state index in [1.165, 1.54) is 21.9 Å². The molecule has 0 saturated carbocycles. The van der Waals surface area contributed by atoms with Crippen LogP contribution in [0.1, 0.15) is 50.2 Å². The number of ether oxygens (including phenoxy) is 1. The van der Waals surface area contributed by atoms with E-state index >= 15 is 0 Å². The molecule has 3 N–H and O–H groups in total. The third-order valence-corrected chi connectivity index (χ3v) is 7.34. The molecule has 1 saturated heterocycles. The Bertz CT molecular complexity index is 1390. The van der Waals surface area contributed by atoms with E-state index in [0.717, 1.165) is 6.07 Å². The molecule has 0 radical (unpaired) electrons. The number of halogens is 1.